The maximum Gasteiger partial charge on any atom is 0.343 e. The number of esters is 1. The predicted molar refractivity (Wildman–Crippen MR) is 141 cm³/mol. The third-order valence-corrected chi connectivity index (χ3v) is 7.64. The molecule has 0 saturated carbocycles. The number of aliphatic hydroxyl groups is 4. The first-order valence-electron chi connectivity index (χ1n) is 13.1. The molecule has 4 unspecified atom stereocenters. The van der Waals surface area contributed by atoms with E-state index in [1.165, 1.54) is 21.1 Å². The van der Waals surface area contributed by atoms with Gasteiger partial charge in [0.1, 0.15) is 36.6 Å². The lowest BCUT2D eigenvalue weighted by Crippen LogP contribution is -2.66. The van der Waals surface area contributed by atoms with Crippen molar-refractivity contribution in [1.29, 1.82) is 0 Å². The minimum absolute atomic E-state index is 0.0128. The molecule has 1 amide bonds. The normalized spacial score (nSPS) is 34.0. The lowest BCUT2D eigenvalue weighted by Gasteiger charge is -2.45. The molecular formula is C24H43N2O15S+. The van der Waals surface area contributed by atoms with Gasteiger partial charge in [0.2, 0.25) is 0 Å². The molecule has 0 aliphatic carbocycles. The highest BCUT2D eigenvalue weighted by Crippen LogP contribution is 2.31. The Morgan fingerprint density at radius 2 is 1.48 bits per heavy atom. The van der Waals surface area contributed by atoms with Crippen molar-refractivity contribution in [2.45, 2.75) is 74.8 Å². The molecule has 0 radical (unpaired) electrons. The van der Waals surface area contributed by atoms with Crippen LogP contribution in [0.2, 0.25) is 0 Å². The van der Waals surface area contributed by atoms with E-state index in [1.807, 2.05) is 0 Å². The third-order valence-electron chi connectivity index (χ3n) is 6.83. The van der Waals surface area contributed by atoms with Gasteiger partial charge in [-0.3, -0.25) is 9.35 Å². The fourth-order valence-corrected chi connectivity index (χ4v) is 5.04. The SMILES string of the molecule is C=C(C)OC(=O)C1OC(OC)[C@H](O)[C@@H](O)[C@@H]1OC1OC(C(=O)NCC[N+](C)(C)CCCS(=O)(=O)O)[C@@H](OC)[C@H](O)[C@H]1O. The van der Waals surface area contributed by atoms with Crippen LogP contribution in [-0.4, -0.2) is 165 Å². The second kappa shape index (κ2) is 15.3. The second-order valence-corrected chi connectivity index (χ2v) is 12.4. The molecule has 2 aliphatic rings. The zero-order valence-corrected chi connectivity index (χ0v) is 25.0. The largest absolute Gasteiger partial charge is 0.430 e. The Morgan fingerprint density at radius 1 is 0.905 bits per heavy atom. The highest BCUT2D eigenvalue weighted by atomic mass is 32.2. The molecule has 0 bridgehead atoms. The summed E-state index contributed by atoms with van der Waals surface area (Å²) in [6.07, 6.45) is -16.5. The van der Waals surface area contributed by atoms with E-state index in [0.717, 1.165) is 0 Å². The maximum absolute atomic E-state index is 13.1. The number of nitrogens with one attached hydrogen (secondary N) is 1. The number of nitrogens with zero attached hydrogens (tertiary/aromatic N) is 1. The summed E-state index contributed by atoms with van der Waals surface area (Å²) in [5.41, 5.74) is 0. The number of hydrogen-bond acceptors (Lipinski definition) is 14. The van der Waals surface area contributed by atoms with Crippen LogP contribution in [0, 0.1) is 0 Å². The van der Waals surface area contributed by atoms with E-state index in [-0.39, 0.29) is 18.7 Å². The van der Waals surface area contributed by atoms with Crippen LogP contribution in [0.1, 0.15) is 13.3 Å². The van der Waals surface area contributed by atoms with Crippen LogP contribution in [-0.2, 0) is 48.1 Å². The van der Waals surface area contributed by atoms with Gasteiger partial charge in [-0.15, -0.1) is 0 Å². The van der Waals surface area contributed by atoms with E-state index in [1.54, 1.807) is 14.1 Å². The topological polar surface area (TPSA) is 237 Å². The molecule has 10 atom stereocenters. The van der Waals surface area contributed by atoms with Crippen molar-refractivity contribution >= 4 is 22.0 Å². The Hall–Kier alpha value is -1.81. The van der Waals surface area contributed by atoms with Gasteiger partial charge < -0.3 is 58.6 Å². The fraction of sp³-hybridized carbons (Fsp3) is 0.833. The van der Waals surface area contributed by atoms with Crippen LogP contribution >= 0.6 is 0 Å². The summed E-state index contributed by atoms with van der Waals surface area (Å²) in [5, 5.41) is 45.1. The number of carbonyl (C=O) groups excluding carboxylic acids is 2. The van der Waals surface area contributed by atoms with Gasteiger partial charge in [-0.1, -0.05) is 6.58 Å². The smallest absolute Gasteiger partial charge is 0.343 e. The Labute approximate surface area is 244 Å². The number of allylic oxidation sites excluding steroid dienone is 1. The molecule has 2 saturated heterocycles. The van der Waals surface area contributed by atoms with Crippen LogP contribution in [0.5, 0.6) is 0 Å². The standard InChI is InChI=1S/C24H42N2O15S/c1-12(2)38-22(32)20-18(14(28)15(29)23(37-6)41-20)39-24-16(30)13(27)17(36-5)19(40-24)21(31)25-8-10-26(3,4)9-7-11-42(33,34)35/h13-20,23-24,27-30H,1,7-11H2,2-6H3,(H-,25,31,33,34,35)/p+1/t13-,14-,15-,16-,17+,18+,19?,20?,23?,24?/m1/s1. The molecule has 0 aromatic rings. The lowest BCUT2D eigenvalue weighted by atomic mass is 9.96. The summed E-state index contributed by atoms with van der Waals surface area (Å²) in [6, 6.07) is 0. The van der Waals surface area contributed by atoms with E-state index < -0.39 is 89.2 Å². The fourth-order valence-electron chi connectivity index (χ4n) is 4.55. The Kier molecular flexibility index (Phi) is 13.2. The van der Waals surface area contributed by atoms with E-state index >= 15 is 0 Å². The number of likely N-dealkylation sites (N-methyl/N-ethyl adjacent to an activating group) is 1. The van der Waals surface area contributed by atoms with Crippen molar-refractivity contribution in [2.24, 2.45) is 0 Å². The molecule has 2 fully saturated rings. The van der Waals surface area contributed by atoms with Crippen molar-refractivity contribution in [1.82, 2.24) is 5.32 Å². The monoisotopic (exact) mass is 631 g/mol. The molecule has 2 heterocycles. The molecule has 6 N–H and O–H groups in total. The average Bonchev–Trinajstić information content (AvgIpc) is 2.87. The molecule has 17 nitrogen and oxygen atoms in total. The molecular weight excluding hydrogens is 588 g/mol. The second-order valence-electron chi connectivity index (χ2n) is 10.8. The Morgan fingerprint density at radius 3 is 2.02 bits per heavy atom. The number of ether oxygens (including phenoxy) is 6. The van der Waals surface area contributed by atoms with Crippen molar-refractivity contribution < 1.29 is 75.9 Å². The van der Waals surface area contributed by atoms with E-state index in [9.17, 15) is 38.4 Å². The molecule has 42 heavy (non-hydrogen) atoms. The molecule has 2 rings (SSSR count). The molecule has 18 heteroatoms. The zero-order chi connectivity index (χ0) is 32.0. The van der Waals surface area contributed by atoms with Crippen LogP contribution < -0.4 is 5.32 Å². The number of amides is 1. The van der Waals surface area contributed by atoms with Crippen molar-refractivity contribution in [2.75, 3.05) is 53.7 Å². The number of methoxy groups -OCH3 is 2. The van der Waals surface area contributed by atoms with Gasteiger partial charge in [0.25, 0.3) is 16.0 Å². The number of aliphatic hydroxyl groups excluding tert-OH is 4. The number of rotatable bonds is 14. The highest BCUT2D eigenvalue weighted by Gasteiger charge is 2.54. The minimum atomic E-state index is -4.09. The summed E-state index contributed by atoms with van der Waals surface area (Å²) in [6.45, 7) is 5.67. The van der Waals surface area contributed by atoms with Crippen molar-refractivity contribution in [3.05, 3.63) is 12.3 Å². The molecule has 0 aromatic heterocycles. The molecule has 244 valence electrons. The van der Waals surface area contributed by atoms with E-state index in [0.29, 0.717) is 17.6 Å². The number of carbonyl (C=O) groups is 2. The lowest BCUT2D eigenvalue weighted by molar-refractivity contribution is -0.889. The van der Waals surface area contributed by atoms with Gasteiger partial charge in [-0.2, -0.15) is 8.42 Å². The summed E-state index contributed by atoms with van der Waals surface area (Å²) < 4.78 is 63.0. The zero-order valence-electron chi connectivity index (χ0n) is 24.2. The highest BCUT2D eigenvalue weighted by molar-refractivity contribution is 7.85. The van der Waals surface area contributed by atoms with Crippen LogP contribution in [0.25, 0.3) is 0 Å². The number of hydrogen-bond donors (Lipinski definition) is 6. The van der Waals surface area contributed by atoms with Crippen molar-refractivity contribution in [3.8, 4) is 0 Å². The van der Waals surface area contributed by atoms with E-state index in [4.69, 9.17) is 33.0 Å². The quantitative estimate of drug-likeness (QED) is 0.0472. The Balaban J connectivity index is 2.15. The molecule has 0 spiro atoms. The minimum Gasteiger partial charge on any atom is -0.430 e. The summed E-state index contributed by atoms with van der Waals surface area (Å²) in [5.74, 6) is -2.23. The van der Waals surface area contributed by atoms with Gasteiger partial charge in [-0.25, -0.2) is 4.79 Å². The number of quaternary nitrogens is 1. The predicted octanol–water partition coefficient (Wildman–Crippen LogP) is -3.53. The van der Waals surface area contributed by atoms with Crippen LogP contribution in [0.3, 0.4) is 0 Å². The summed E-state index contributed by atoms with van der Waals surface area (Å²) in [4.78, 5) is 25.8. The van der Waals surface area contributed by atoms with Gasteiger partial charge in [0, 0.05) is 20.6 Å². The van der Waals surface area contributed by atoms with Gasteiger partial charge in [0.05, 0.1) is 45.2 Å². The molecule has 2 aliphatic heterocycles. The first kappa shape index (κ1) is 36.4. The van der Waals surface area contributed by atoms with Gasteiger partial charge in [-0.05, 0) is 6.92 Å². The molecule has 0 aromatic carbocycles. The van der Waals surface area contributed by atoms with Crippen LogP contribution in [0.4, 0.5) is 0 Å². The average molecular weight is 632 g/mol. The summed E-state index contributed by atoms with van der Waals surface area (Å²) in [7, 11) is 1.85. The Bertz CT molecular complexity index is 1040. The van der Waals surface area contributed by atoms with E-state index in [2.05, 4.69) is 11.9 Å². The van der Waals surface area contributed by atoms with Crippen LogP contribution in [0.15, 0.2) is 12.3 Å². The van der Waals surface area contributed by atoms with Gasteiger partial charge >= 0.3 is 5.97 Å². The maximum atomic E-state index is 13.1. The summed E-state index contributed by atoms with van der Waals surface area (Å²) >= 11 is 0. The van der Waals surface area contributed by atoms with Crippen molar-refractivity contribution in [3.63, 3.8) is 0 Å². The first-order valence-corrected chi connectivity index (χ1v) is 14.7. The third kappa shape index (κ3) is 9.86. The first-order chi connectivity index (χ1) is 19.4. The van der Waals surface area contributed by atoms with Gasteiger partial charge in [0.15, 0.2) is 24.8 Å².